The van der Waals surface area contributed by atoms with Gasteiger partial charge in [-0.3, -0.25) is 24.4 Å². The standard InChI is InChI=1S/C48H67N9O7S/c1-11-56-39-17-16-31-22-34(39)35(43(56)33-14-12-18-49-41(33)30(4)62-10)24-48(5,6)28-64-46(60)36-15-13-19-57(52-36)45(59)37(23-40-50-38(31)27-65-40)51-44(58)42(29(2)3)54(9)47(61)55-20-21-63-32(26-55)25-53(7)8/h12,14,16-18,22,27,29-30,32,36-37,42,52H,11,13,15,19-21,23-26,28H2,1-10H3,(H,51,58)/t30-,32-,36-,37-,42-/m0/s1. The first-order chi connectivity index (χ1) is 31.0. The van der Waals surface area contributed by atoms with Crippen LogP contribution in [0.4, 0.5) is 4.79 Å². The summed E-state index contributed by atoms with van der Waals surface area (Å²) >= 11 is 1.42. The quantitative estimate of drug-likeness (QED) is 0.192. The second kappa shape index (κ2) is 20.3. The number of esters is 1. The Hall–Kier alpha value is -4.94. The van der Waals surface area contributed by atoms with Crippen LogP contribution in [-0.2, 0) is 48.0 Å². The summed E-state index contributed by atoms with van der Waals surface area (Å²) in [6, 6.07) is 7.47. The lowest BCUT2D eigenvalue weighted by Crippen LogP contribution is -2.63. The van der Waals surface area contributed by atoms with Crippen LogP contribution in [0.1, 0.15) is 76.8 Å². The minimum absolute atomic E-state index is 0.0974. The van der Waals surface area contributed by atoms with E-state index in [9.17, 15) is 19.2 Å². The van der Waals surface area contributed by atoms with E-state index in [-0.39, 0.29) is 37.2 Å². The molecule has 6 bridgehead atoms. The summed E-state index contributed by atoms with van der Waals surface area (Å²) in [6.07, 6.45) is 3.11. The van der Waals surface area contributed by atoms with E-state index < -0.39 is 41.3 Å². The molecule has 3 aliphatic rings. The zero-order chi connectivity index (χ0) is 46.7. The lowest BCUT2D eigenvalue weighted by Gasteiger charge is -2.39. The number of urea groups is 1. The molecule has 0 unspecified atom stereocenters. The molecule has 2 N–H and O–H groups in total. The summed E-state index contributed by atoms with van der Waals surface area (Å²) in [5.41, 5.74) is 9.36. The third-order valence-electron chi connectivity index (χ3n) is 12.8. The van der Waals surface area contributed by atoms with Gasteiger partial charge in [0.25, 0.3) is 5.91 Å². The van der Waals surface area contributed by atoms with Crippen molar-refractivity contribution in [1.82, 2.24) is 45.0 Å². The fourth-order valence-corrected chi connectivity index (χ4v) is 10.4. The molecule has 0 radical (unpaired) electrons. The zero-order valence-electron chi connectivity index (χ0n) is 39.7. The first kappa shape index (κ1) is 48.0. The van der Waals surface area contributed by atoms with Crippen molar-refractivity contribution in [3.63, 3.8) is 0 Å². The Morgan fingerprint density at radius 3 is 2.63 bits per heavy atom. The van der Waals surface area contributed by atoms with Gasteiger partial charge in [-0.15, -0.1) is 11.3 Å². The fraction of sp³-hybridized carbons (Fsp3) is 0.583. The van der Waals surface area contributed by atoms with Gasteiger partial charge in [0.1, 0.15) is 18.1 Å². The first-order valence-corrected chi connectivity index (χ1v) is 23.8. The van der Waals surface area contributed by atoms with E-state index in [4.69, 9.17) is 24.2 Å². The van der Waals surface area contributed by atoms with Crippen molar-refractivity contribution in [3.8, 4) is 22.5 Å². The molecule has 65 heavy (non-hydrogen) atoms. The van der Waals surface area contributed by atoms with Gasteiger partial charge in [-0.2, -0.15) is 0 Å². The molecule has 0 aliphatic carbocycles. The zero-order valence-corrected chi connectivity index (χ0v) is 40.5. The Morgan fingerprint density at radius 1 is 1.12 bits per heavy atom. The van der Waals surface area contributed by atoms with Gasteiger partial charge in [-0.1, -0.05) is 33.8 Å². The van der Waals surface area contributed by atoms with Crippen molar-refractivity contribution in [2.45, 2.75) is 104 Å². The van der Waals surface area contributed by atoms with Gasteiger partial charge in [0.2, 0.25) is 5.91 Å². The van der Waals surface area contributed by atoms with Gasteiger partial charge in [-0.25, -0.2) is 15.2 Å². The predicted molar refractivity (Wildman–Crippen MR) is 251 cm³/mol. The number of rotatable bonds is 10. The van der Waals surface area contributed by atoms with Gasteiger partial charge < -0.3 is 38.8 Å². The smallest absolute Gasteiger partial charge is 0.324 e. The van der Waals surface area contributed by atoms with E-state index in [0.29, 0.717) is 63.6 Å². The summed E-state index contributed by atoms with van der Waals surface area (Å²) in [5, 5.41) is 8.20. The highest BCUT2D eigenvalue weighted by Crippen LogP contribution is 2.42. The monoisotopic (exact) mass is 913 g/mol. The normalized spacial score (nSPS) is 21.6. The molecular formula is C48H67N9O7S. The van der Waals surface area contributed by atoms with E-state index in [2.05, 4.69) is 60.3 Å². The van der Waals surface area contributed by atoms with Crippen LogP contribution in [0.25, 0.3) is 33.4 Å². The Morgan fingerprint density at radius 2 is 1.91 bits per heavy atom. The Labute approximate surface area is 386 Å². The van der Waals surface area contributed by atoms with Gasteiger partial charge in [0, 0.05) is 92.3 Å². The molecule has 4 aromatic rings. The number of thiazole rings is 1. The molecule has 1 aromatic carbocycles. The molecule has 7 rings (SSSR count). The number of hydrogen-bond donors (Lipinski definition) is 2. The molecule has 17 heteroatoms. The number of amides is 4. The fourth-order valence-electron chi connectivity index (χ4n) is 9.50. The number of carbonyl (C=O) groups excluding carboxylic acids is 4. The summed E-state index contributed by atoms with van der Waals surface area (Å²) in [7, 11) is 7.25. The van der Waals surface area contributed by atoms with Crippen molar-refractivity contribution >= 4 is 46.1 Å². The number of morpholine rings is 1. The van der Waals surface area contributed by atoms with E-state index >= 15 is 0 Å². The number of cyclic esters (lactones) is 1. The maximum Gasteiger partial charge on any atom is 0.324 e. The maximum absolute atomic E-state index is 14.6. The minimum atomic E-state index is -1.06. The summed E-state index contributed by atoms with van der Waals surface area (Å²) in [6.45, 7) is 15.2. The molecule has 0 spiro atoms. The SMILES string of the molecule is CCn1c(-c2cccnc2[C@H](C)OC)c2c3cc(ccc31)-c1csc(n1)C[C@H](NC(=O)[C@H](C(C)C)N(C)C(=O)N1CCO[C@@H](CN(C)C)C1)C(=O)N1CCC[C@H](N1)C(=O)OCC(C)(C)C2. The number of aromatic nitrogens is 3. The van der Waals surface area contributed by atoms with Gasteiger partial charge in [0.15, 0.2) is 0 Å². The molecule has 5 atom stereocenters. The van der Waals surface area contributed by atoms with Gasteiger partial charge >= 0.3 is 12.0 Å². The van der Waals surface area contributed by atoms with Crippen molar-refractivity contribution in [3.05, 3.63) is 58.2 Å². The van der Waals surface area contributed by atoms with Gasteiger partial charge in [-0.05, 0) is 83.0 Å². The summed E-state index contributed by atoms with van der Waals surface area (Å²) in [4.78, 5) is 72.2. The maximum atomic E-state index is 14.6. The Balaban J connectivity index is 1.26. The largest absolute Gasteiger partial charge is 0.464 e. The first-order valence-electron chi connectivity index (χ1n) is 22.9. The molecule has 6 heterocycles. The van der Waals surface area contributed by atoms with Crippen LogP contribution in [0, 0.1) is 11.3 Å². The number of benzene rings is 1. The van der Waals surface area contributed by atoms with Crippen LogP contribution >= 0.6 is 11.3 Å². The molecule has 3 aliphatic heterocycles. The highest BCUT2D eigenvalue weighted by atomic mass is 32.1. The number of likely N-dealkylation sites (N-methyl/N-ethyl adjacent to an activating group) is 2. The van der Waals surface area contributed by atoms with Crippen LogP contribution < -0.4 is 10.7 Å². The van der Waals surface area contributed by atoms with Crippen molar-refractivity contribution < 1.29 is 33.4 Å². The van der Waals surface area contributed by atoms with Crippen LogP contribution in [0.3, 0.4) is 0 Å². The lowest BCUT2D eigenvalue weighted by molar-refractivity contribution is -0.155. The third-order valence-corrected chi connectivity index (χ3v) is 13.6. The van der Waals surface area contributed by atoms with Crippen LogP contribution in [0.15, 0.2) is 41.9 Å². The Kier molecular flexibility index (Phi) is 15.0. The van der Waals surface area contributed by atoms with Crippen LogP contribution in [0.2, 0.25) is 0 Å². The number of aryl methyl sites for hydroxylation is 1. The number of pyridine rings is 1. The number of nitrogens with one attached hydrogen (secondary N) is 2. The van der Waals surface area contributed by atoms with Gasteiger partial charge in [0.05, 0.1) is 47.5 Å². The van der Waals surface area contributed by atoms with E-state index in [1.807, 2.05) is 51.2 Å². The second-order valence-corrected chi connectivity index (χ2v) is 20.0. The number of carbonyl (C=O) groups is 4. The summed E-state index contributed by atoms with van der Waals surface area (Å²) < 4.78 is 20.2. The van der Waals surface area contributed by atoms with E-state index in [0.717, 1.165) is 44.7 Å². The third kappa shape index (κ3) is 10.5. The highest BCUT2D eigenvalue weighted by molar-refractivity contribution is 7.10. The molecule has 16 nitrogen and oxygen atoms in total. The number of fused-ring (bicyclic) bond motifs is 6. The lowest BCUT2D eigenvalue weighted by atomic mass is 9.84. The predicted octanol–water partition coefficient (Wildman–Crippen LogP) is 5.54. The van der Waals surface area contributed by atoms with E-state index in [1.165, 1.54) is 21.2 Å². The number of methoxy groups -OCH3 is 1. The number of nitrogens with zero attached hydrogens (tertiary/aromatic N) is 7. The number of ether oxygens (including phenoxy) is 3. The highest BCUT2D eigenvalue weighted by Gasteiger charge is 2.39. The molecule has 2 saturated heterocycles. The second-order valence-electron chi connectivity index (χ2n) is 19.1. The minimum Gasteiger partial charge on any atom is -0.464 e. The molecule has 2 fully saturated rings. The average molecular weight is 914 g/mol. The topological polar surface area (TPSA) is 164 Å². The van der Waals surface area contributed by atoms with Crippen molar-refractivity contribution in [1.29, 1.82) is 0 Å². The number of hydrazine groups is 1. The average Bonchev–Trinajstić information content (AvgIpc) is 3.88. The molecule has 4 amide bonds. The number of hydrogen-bond acceptors (Lipinski definition) is 12. The Bertz CT molecular complexity index is 2360. The van der Waals surface area contributed by atoms with Crippen molar-refractivity contribution in [2.24, 2.45) is 11.3 Å². The molecular weight excluding hydrogens is 847 g/mol. The van der Waals surface area contributed by atoms with Crippen LogP contribution in [0.5, 0.6) is 0 Å². The molecule has 352 valence electrons. The summed E-state index contributed by atoms with van der Waals surface area (Å²) in [5.74, 6) is -1.58. The molecule has 0 saturated carbocycles. The molecule has 3 aromatic heterocycles. The van der Waals surface area contributed by atoms with Crippen molar-refractivity contribution in [2.75, 3.05) is 67.6 Å². The van der Waals surface area contributed by atoms with E-state index in [1.54, 1.807) is 25.3 Å². The van der Waals surface area contributed by atoms with Crippen LogP contribution in [-0.4, -0.2) is 150 Å².